The van der Waals surface area contributed by atoms with Crippen LogP contribution in [0.3, 0.4) is 0 Å². The number of amides is 1. The lowest BCUT2D eigenvalue weighted by Gasteiger charge is -2.04. The Hall–Kier alpha value is -2.78. The molecule has 0 N–H and O–H groups in total. The highest BCUT2D eigenvalue weighted by atomic mass is 32.1. The van der Waals surface area contributed by atoms with Gasteiger partial charge in [0.2, 0.25) is 0 Å². The Morgan fingerprint density at radius 1 is 1.26 bits per heavy atom. The van der Waals surface area contributed by atoms with Crippen LogP contribution in [0.4, 0.5) is 0 Å². The minimum absolute atomic E-state index is 0.294. The number of nitrogens with zero attached hydrogens (tertiary/aromatic N) is 4. The maximum Gasteiger partial charge on any atom is 0.337 e. The molecule has 27 heavy (non-hydrogen) atoms. The van der Waals surface area contributed by atoms with Crippen LogP contribution >= 0.6 is 11.3 Å². The van der Waals surface area contributed by atoms with Crippen molar-refractivity contribution >= 4 is 33.4 Å². The Morgan fingerprint density at radius 3 is 2.74 bits per heavy atom. The first kappa shape index (κ1) is 19.0. The van der Waals surface area contributed by atoms with Crippen LogP contribution < -0.4 is 4.80 Å². The third-order valence-electron chi connectivity index (χ3n) is 4.00. The highest BCUT2D eigenvalue weighted by Crippen LogP contribution is 2.20. The Kier molecular flexibility index (Phi) is 5.82. The molecular weight excluding hydrogens is 368 g/mol. The van der Waals surface area contributed by atoms with E-state index >= 15 is 0 Å². The van der Waals surface area contributed by atoms with Gasteiger partial charge in [0.05, 0.1) is 29.5 Å². The van der Waals surface area contributed by atoms with Crippen LogP contribution in [0.15, 0.2) is 35.5 Å². The Balaban J connectivity index is 2.08. The van der Waals surface area contributed by atoms with E-state index in [1.54, 1.807) is 36.2 Å². The van der Waals surface area contributed by atoms with E-state index in [1.165, 1.54) is 18.4 Å². The summed E-state index contributed by atoms with van der Waals surface area (Å²) in [5, 5.41) is 4.20. The van der Waals surface area contributed by atoms with Crippen LogP contribution in [-0.2, 0) is 22.6 Å². The number of esters is 1. The summed E-state index contributed by atoms with van der Waals surface area (Å²) < 4.78 is 14.4. The summed E-state index contributed by atoms with van der Waals surface area (Å²) in [6, 6.07) is 6.91. The Morgan fingerprint density at radius 2 is 2.07 bits per heavy atom. The molecule has 0 atom stereocenters. The minimum atomic E-state index is -0.409. The van der Waals surface area contributed by atoms with Crippen molar-refractivity contribution in [3.8, 4) is 0 Å². The van der Waals surface area contributed by atoms with Gasteiger partial charge in [0.15, 0.2) is 10.5 Å². The normalized spacial score (nSPS) is 11.9. The summed E-state index contributed by atoms with van der Waals surface area (Å²) >= 11 is 1.33. The van der Waals surface area contributed by atoms with Crippen LogP contribution in [0, 0.1) is 0 Å². The molecule has 2 heterocycles. The number of carbonyl (C=O) groups excluding carboxylic acids is 2. The molecule has 0 spiro atoms. The number of benzene rings is 1. The zero-order valence-electron chi connectivity index (χ0n) is 15.3. The van der Waals surface area contributed by atoms with Gasteiger partial charge in [-0.05, 0) is 31.2 Å². The zero-order valence-corrected chi connectivity index (χ0v) is 16.2. The molecule has 0 saturated carbocycles. The number of methoxy groups -OCH3 is 2. The molecule has 9 heteroatoms. The van der Waals surface area contributed by atoms with Gasteiger partial charge in [-0.2, -0.15) is 10.1 Å². The Bertz CT molecular complexity index is 1050. The van der Waals surface area contributed by atoms with Gasteiger partial charge >= 0.3 is 5.97 Å². The molecule has 142 valence electrons. The van der Waals surface area contributed by atoms with Gasteiger partial charge < -0.3 is 14.0 Å². The second-order valence-electron chi connectivity index (χ2n) is 5.68. The van der Waals surface area contributed by atoms with Gasteiger partial charge in [-0.3, -0.25) is 9.48 Å². The van der Waals surface area contributed by atoms with Crippen LogP contribution in [0.5, 0.6) is 0 Å². The summed E-state index contributed by atoms with van der Waals surface area (Å²) in [7, 11) is 2.96. The number of ether oxygens (including phenoxy) is 2. The molecule has 8 nitrogen and oxygen atoms in total. The van der Waals surface area contributed by atoms with Crippen molar-refractivity contribution in [1.29, 1.82) is 0 Å². The van der Waals surface area contributed by atoms with Gasteiger partial charge in [-0.1, -0.05) is 11.3 Å². The molecule has 1 aromatic carbocycles. The highest BCUT2D eigenvalue weighted by Gasteiger charge is 2.13. The van der Waals surface area contributed by atoms with E-state index in [1.807, 2.05) is 17.6 Å². The van der Waals surface area contributed by atoms with Crippen LogP contribution in [0.25, 0.3) is 10.2 Å². The minimum Gasteiger partial charge on any atom is -0.465 e. The standard InChI is InChI=1S/C18H20N4O4S/c1-4-21-8-7-13(20-21)16(23)19-18-22(9-10-25-2)14-6-5-12(17(24)26-3)11-15(14)27-18/h5-8,11H,4,9-10H2,1-3H3. The van der Waals surface area contributed by atoms with Crippen molar-refractivity contribution in [1.82, 2.24) is 14.3 Å². The number of carbonyl (C=O) groups is 2. The summed E-state index contributed by atoms with van der Waals surface area (Å²) in [4.78, 5) is 29.1. The molecule has 3 rings (SSSR count). The SMILES string of the molecule is CCn1ccc(C(=O)N=c2sc3cc(C(=O)OC)ccc3n2CCOC)n1. The number of hydrogen-bond donors (Lipinski definition) is 0. The van der Waals surface area contributed by atoms with Gasteiger partial charge in [-0.15, -0.1) is 0 Å². The lowest BCUT2D eigenvalue weighted by molar-refractivity contribution is 0.0601. The average Bonchev–Trinajstić information content (AvgIpc) is 3.29. The number of rotatable bonds is 6. The lowest BCUT2D eigenvalue weighted by Crippen LogP contribution is -2.19. The molecule has 0 bridgehead atoms. The number of hydrogen-bond acceptors (Lipinski definition) is 6. The summed E-state index contributed by atoms with van der Waals surface area (Å²) in [5.41, 5.74) is 1.61. The molecule has 0 aliphatic rings. The number of aryl methyl sites for hydroxylation is 1. The molecule has 2 aromatic heterocycles. The van der Waals surface area contributed by atoms with Gasteiger partial charge in [0.1, 0.15) is 0 Å². The number of thiazole rings is 1. The van der Waals surface area contributed by atoms with Crippen molar-refractivity contribution in [2.75, 3.05) is 20.8 Å². The summed E-state index contributed by atoms with van der Waals surface area (Å²) in [5.74, 6) is -0.818. The van der Waals surface area contributed by atoms with E-state index in [0.29, 0.717) is 35.8 Å². The van der Waals surface area contributed by atoms with E-state index in [4.69, 9.17) is 9.47 Å². The van der Waals surface area contributed by atoms with Crippen molar-refractivity contribution in [3.05, 3.63) is 46.5 Å². The second kappa shape index (κ2) is 8.28. The molecule has 0 fully saturated rings. The fourth-order valence-corrected chi connectivity index (χ4v) is 3.69. The molecule has 0 aliphatic carbocycles. The molecule has 0 unspecified atom stereocenters. The van der Waals surface area contributed by atoms with E-state index in [-0.39, 0.29) is 0 Å². The molecular formula is C18H20N4O4S. The lowest BCUT2D eigenvalue weighted by atomic mass is 10.2. The first-order valence-electron chi connectivity index (χ1n) is 8.40. The number of fused-ring (bicyclic) bond motifs is 1. The van der Waals surface area contributed by atoms with Crippen molar-refractivity contribution < 1.29 is 19.1 Å². The number of aromatic nitrogens is 3. The van der Waals surface area contributed by atoms with Gasteiger partial charge in [0.25, 0.3) is 5.91 Å². The zero-order chi connectivity index (χ0) is 19.4. The molecule has 3 aromatic rings. The van der Waals surface area contributed by atoms with Crippen LogP contribution in [-0.4, -0.2) is 47.1 Å². The Labute approximate surface area is 159 Å². The first-order valence-corrected chi connectivity index (χ1v) is 9.22. The fourth-order valence-electron chi connectivity index (χ4n) is 2.60. The summed E-state index contributed by atoms with van der Waals surface area (Å²) in [6.45, 7) is 3.63. The molecule has 0 aliphatic heterocycles. The van der Waals surface area contributed by atoms with Gasteiger partial charge in [-0.25, -0.2) is 4.79 Å². The highest BCUT2D eigenvalue weighted by molar-refractivity contribution is 7.16. The predicted octanol–water partition coefficient (Wildman–Crippen LogP) is 2.09. The predicted molar refractivity (Wildman–Crippen MR) is 101 cm³/mol. The van der Waals surface area contributed by atoms with E-state index in [9.17, 15) is 9.59 Å². The largest absolute Gasteiger partial charge is 0.465 e. The first-order chi connectivity index (χ1) is 13.1. The van der Waals surface area contributed by atoms with Gasteiger partial charge in [0, 0.05) is 26.4 Å². The fraction of sp³-hybridized carbons (Fsp3) is 0.333. The van der Waals surface area contributed by atoms with Crippen LogP contribution in [0.2, 0.25) is 0 Å². The van der Waals surface area contributed by atoms with Crippen molar-refractivity contribution in [2.24, 2.45) is 4.99 Å². The topological polar surface area (TPSA) is 87.7 Å². The van der Waals surface area contributed by atoms with Crippen molar-refractivity contribution in [3.63, 3.8) is 0 Å². The molecule has 0 saturated heterocycles. The third kappa shape index (κ3) is 3.99. The maximum atomic E-state index is 12.5. The maximum absolute atomic E-state index is 12.5. The molecule has 0 radical (unpaired) electrons. The van der Waals surface area contributed by atoms with E-state index in [2.05, 4.69) is 10.1 Å². The quantitative estimate of drug-likeness (QED) is 0.604. The third-order valence-corrected chi connectivity index (χ3v) is 5.04. The smallest absolute Gasteiger partial charge is 0.337 e. The second-order valence-corrected chi connectivity index (χ2v) is 6.69. The van der Waals surface area contributed by atoms with E-state index in [0.717, 1.165) is 10.2 Å². The monoisotopic (exact) mass is 388 g/mol. The average molecular weight is 388 g/mol. The summed E-state index contributed by atoms with van der Waals surface area (Å²) in [6.07, 6.45) is 1.75. The van der Waals surface area contributed by atoms with E-state index < -0.39 is 11.9 Å². The van der Waals surface area contributed by atoms with Crippen LogP contribution in [0.1, 0.15) is 27.8 Å². The van der Waals surface area contributed by atoms with Crippen molar-refractivity contribution in [2.45, 2.75) is 20.0 Å². The molecule has 1 amide bonds.